The van der Waals surface area contributed by atoms with E-state index in [1.54, 1.807) is 26.0 Å². The molecule has 0 aliphatic heterocycles. The number of hydrogen-bond donors (Lipinski definition) is 2. The highest BCUT2D eigenvalue weighted by atomic mass is 79.9. The molecule has 174 valence electrons. The van der Waals surface area contributed by atoms with Crippen LogP contribution in [0.2, 0.25) is 0 Å². The second-order valence-electron chi connectivity index (χ2n) is 8.28. The number of nitrogens with one attached hydrogen (secondary N) is 1. The van der Waals surface area contributed by atoms with Crippen molar-refractivity contribution in [1.82, 2.24) is 5.16 Å². The third-order valence-electron chi connectivity index (χ3n) is 6.42. The van der Waals surface area contributed by atoms with Crippen molar-refractivity contribution in [1.29, 1.82) is 0 Å². The number of benzene rings is 2. The molecule has 0 spiro atoms. The molecule has 2 aromatic carbocycles. The number of hydrogen-bond acceptors (Lipinski definition) is 5. The molecule has 1 aliphatic rings. The van der Waals surface area contributed by atoms with Gasteiger partial charge in [-0.25, -0.2) is 4.79 Å². The van der Waals surface area contributed by atoms with Gasteiger partial charge in [0.15, 0.2) is 0 Å². The first kappa shape index (κ1) is 23.4. The third-order valence-corrected chi connectivity index (χ3v) is 7.17. The molecule has 2 N–H and O–H groups in total. The number of carbonyl (C=O) groups excluding carboxylic acids is 1. The zero-order valence-corrected chi connectivity index (χ0v) is 19.3. The number of rotatable bonds is 3. The Bertz CT molecular complexity index is 1310. The quantitative estimate of drug-likeness (QED) is 0.510. The van der Waals surface area contributed by atoms with Crippen LogP contribution in [0, 0.1) is 12.8 Å². The number of alkyl halides is 3. The van der Waals surface area contributed by atoms with Gasteiger partial charge in [-0.3, -0.25) is 4.79 Å². The molecule has 3 aromatic rings. The average Bonchev–Trinajstić information content (AvgIpc) is 2.76. The van der Waals surface area contributed by atoms with Gasteiger partial charge < -0.3 is 14.9 Å². The largest absolute Gasteiger partial charge is 0.426 e. The van der Waals surface area contributed by atoms with Crippen LogP contribution in [0.5, 0.6) is 0 Å². The number of carbonyl (C=O) groups is 1. The molecule has 1 aliphatic carbocycles. The number of nitrogens with zero attached hydrogens (tertiary/aromatic N) is 1. The molecular weight excluding hydrogens is 505 g/mol. The molecule has 1 heterocycles. The Morgan fingerprint density at radius 1 is 1.24 bits per heavy atom. The summed E-state index contributed by atoms with van der Waals surface area (Å²) < 4.78 is 48.2. The average molecular weight is 525 g/mol. The fraction of sp³-hybridized carbons (Fsp3) is 0.348. The Kier molecular flexibility index (Phi) is 5.86. The van der Waals surface area contributed by atoms with Crippen LogP contribution in [0.3, 0.4) is 0 Å². The highest BCUT2D eigenvalue weighted by Gasteiger charge is 2.65. The van der Waals surface area contributed by atoms with Gasteiger partial charge in [-0.2, -0.15) is 13.2 Å². The number of aryl methyl sites for hydroxylation is 1. The van der Waals surface area contributed by atoms with Crippen molar-refractivity contribution >= 4 is 38.3 Å². The van der Waals surface area contributed by atoms with Gasteiger partial charge in [-0.15, -0.1) is 0 Å². The lowest BCUT2D eigenvalue weighted by molar-refractivity contribution is -0.269. The molecule has 3 atom stereocenters. The monoisotopic (exact) mass is 524 g/mol. The van der Waals surface area contributed by atoms with E-state index in [1.165, 1.54) is 18.2 Å². The Morgan fingerprint density at radius 2 is 1.97 bits per heavy atom. The molecule has 0 saturated carbocycles. The maximum absolute atomic E-state index is 14.3. The van der Waals surface area contributed by atoms with E-state index < -0.39 is 35.1 Å². The summed E-state index contributed by atoms with van der Waals surface area (Å²) in [5.41, 5.74) is -2.46. The topological polar surface area (TPSA) is 92.4 Å². The summed E-state index contributed by atoms with van der Waals surface area (Å²) in [7, 11) is 0. The number of anilines is 1. The predicted octanol–water partition coefficient (Wildman–Crippen LogP) is 4.86. The Labute approximate surface area is 194 Å². The summed E-state index contributed by atoms with van der Waals surface area (Å²) in [5, 5.41) is 17.2. The number of amides is 1. The summed E-state index contributed by atoms with van der Waals surface area (Å²) in [6.07, 6.45) is -4.95. The molecule has 1 aromatic heterocycles. The van der Waals surface area contributed by atoms with Gasteiger partial charge in [-0.1, -0.05) is 40.1 Å². The normalized spacial score (nSPS) is 20.2. The van der Waals surface area contributed by atoms with Crippen LogP contribution in [-0.4, -0.2) is 27.9 Å². The zero-order valence-electron chi connectivity index (χ0n) is 17.7. The van der Waals surface area contributed by atoms with E-state index in [0.717, 1.165) is 10.0 Å². The molecular formula is C23H20BrF3N2O4. The second kappa shape index (κ2) is 8.25. The molecule has 0 fully saturated rings. The molecule has 33 heavy (non-hydrogen) atoms. The van der Waals surface area contributed by atoms with E-state index >= 15 is 0 Å². The molecule has 6 nitrogen and oxygen atoms in total. The number of aromatic nitrogens is 1. The third kappa shape index (κ3) is 3.85. The van der Waals surface area contributed by atoms with Crippen molar-refractivity contribution in [2.24, 2.45) is 5.92 Å². The number of aliphatic hydroxyl groups is 1. The number of fused-ring (bicyclic) bond motifs is 2. The smallest absolute Gasteiger partial charge is 0.372 e. The molecule has 4 rings (SSSR count). The SMILES string of the molecule is Cc1noc(=O)c2ccc(NC(=O)[C@](O)(C3CCc4c(Br)cccc4C3C)C(F)(F)F)cc12. The molecule has 0 bridgehead atoms. The van der Waals surface area contributed by atoms with E-state index in [1.807, 2.05) is 6.07 Å². The van der Waals surface area contributed by atoms with Gasteiger partial charge in [-0.05, 0) is 61.1 Å². The minimum absolute atomic E-state index is 0.00252. The van der Waals surface area contributed by atoms with Crippen molar-refractivity contribution in [3.05, 3.63) is 68.1 Å². The van der Waals surface area contributed by atoms with Crippen molar-refractivity contribution in [3.8, 4) is 0 Å². The first-order chi connectivity index (χ1) is 15.4. The lowest BCUT2D eigenvalue weighted by atomic mass is 9.67. The number of halogens is 4. The Morgan fingerprint density at radius 3 is 2.67 bits per heavy atom. The van der Waals surface area contributed by atoms with Crippen molar-refractivity contribution in [2.45, 2.75) is 44.4 Å². The van der Waals surface area contributed by atoms with Gasteiger partial charge >= 0.3 is 11.8 Å². The maximum Gasteiger partial charge on any atom is 0.426 e. The van der Waals surface area contributed by atoms with Gasteiger partial charge in [0.25, 0.3) is 5.91 Å². The van der Waals surface area contributed by atoms with Gasteiger partial charge in [0.2, 0.25) is 5.60 Å². The van der Waals surface area contributed by atoms with Crippen molar-refractivity contribution in [3.63, 3.8) is 0 Å². The van der Waals surface area contributed by atoms with Gasteiger partial charge in [0.1, 0.15) is 0 Å². The van der Waals surface area contributed by atoms with Crippen LogP contribution in [0.25, 0.3) is 10.8 Å². The molecule has 10 heteroatoms. The Hall–Kier alpha value is -2.72. The van der Waals surface area contributed by atoms with E-state index in [9.17, 15) is 27.9 Å². The predicted molar refractivity (Wildman–Crippen MR) is 119 cm³/mol. The summed E-state index contributed by atoms with van der Waals surface area (Å²) in [6.45, 7) is 3.14. The van der Waals surface area contributed by atoms with Crippen molar-refractivity contribution in [2.75, 3.05) is 5.32 Å². The highest BCUT2D eigenvalue weighted by molar-refractivity contribution is 9.10. The van der Waals surface area contributed by atoms with E-state index in [2.05, 4.69) is 30.9 Å². The van der Waals surface area contributed by atoms with Crippen LogP contribution >= 0.6 is 15.9 Å². The van der Waals surface area contributed by atoms with Crippen LogP contribution < -0.4 is 10.9 Å². The van der Waals surface area contributed by atoms with E-state index in [4.69, 9.17) is 0 Å². The minimum Gasteiger partial charge on any atom is -0.372 e. The second-order valence-corrected chi connectivity index (χ2v) is 9.13. The zero-order chi connectivity index (χ0) is 24.1. The fourth-order valence-corrected chi connectivity index (χ4v) is 5.22. The first-order valence-corrected chi connectivity index (χ1v) is 11.0. The van der Waals surface area contributed by atoms with Crippen LogP contribution in [-0.2, 0) is 11.2 Å². The fourth-order valence-electron chi connectivity index (χ4n) is 4.64. The maximum atomic E-state index is 14.3. The van der Waals surface area contributed by atoms with E-state index in [-0.39, 0.29) is 23.9 Å². The van der Waals surface area contributed by atoms with Crippen LogP contribution in [0.4, 0.5) is 18.9 Å². The highest BCUT2D eigenvalue weighted by Crippen LogP contribution is 2.49. The first-order valence-electron chi connectivity index (χ1n) is 10.2. The summed E-state index contributed by atoms with van der Waals surface area (Å²) in [4.78, 5) is 24.8. The standard InChI is InChI=1S/C23H20BrF3N2O4/c1-11-14-4-3-5-19(24)15(14)8-9-18(11)22(32,23(25,26)27)21(31)28-13-6-7-16-17(10-13)12(2)29-33-20(16)30/h3-7,10-11,18,32H,8-9H2,1-2H3,(H,28,31)/t11?,18?,22-/m1/s1. The molecule has 2 unspecified atom stereocenters. The summed E-state index contributed by atoms with van der Waals surface area (Å²) >= 11 is 3.43. The lowest BCUT2D eigenvalue weighted by Crippen LogP contribution is -2.61. The van der Waals surface area contributed by atoms with E-state index in [0.29, 0.717) is 16.6 Å². The summed E-state index contributed by atoms with van der Waals surface area (Å²) in [5.74, 6) is -3.69. The van der Waals surface area contributed by atoms with Crippen LogP contribution in [0.1, 0.15) is 36.1 Å². The van der Waals surface area contributed by atoms with Crippen molar-refractivity contribution < 1.29 is 27.6 Å². The summed E-state index contributed by atoms with van der Waals surface area (Å²) in [6, 6.07) is 9.19. The Balaban J connectivity index is 1.72. The molecule has 1 amide bonds. The van der Waals surface area contributed by atoms with Crippen LogP contribution in [0.15, 0.2) is 50.2 Å². The molecule has 0 radical (unpaired) electrons. The lowest BCUT2D eigenvalue weighted by Gasteiger charge is -2.42. The van der Waals surface area contributed by atoms with Gasteiger partial charge in [0, 0.05) is 21.5 Å². The minimum atomic E-state index is -5.21. The molecule has 0 saturated heterocycles. The van der Waals surface area contributed by atoms with Gasteiger partial charge in [0.05, 0.1) is 11.1 Å².